The maximum atomic E-state index is 14.4. The lowest BCUT2D eigenvalue weighted by molar-refractivity contribution is 0.0416. The SMILES string of the molecule is CNC(=O)c1ccc(F)c2c1C[C@@H](N(CCCCc1c[nH]c3ccc(F)cc13)C1CCC1)CO2. The van der Waals surface area contributed by atoms with Crippen molar-refractivity contribution in [1.82, 2.24) is 15.2 Å². The number of ether oxygens (including phenoxy) is 1. The van der Waals surface area contributed by atoms with Crippen LogP contribution in [0.2, 0.25) is 0 Å². The van der Waals surface area contributed by atoms with E-state index in [9.17, 15) is 13.6 Å². The van der Waals surface area contributed by atoms with Crippen molar-refractivity contribution in [3.05, 3.63) is 64.9 Å². The zero-order valence-electron chi connectivity index (χ0n) is 19.5. The number of amides is 1. The smallest absolute Gasteiger partial charge is 0.251 e. The largest absolute Gasteiger partial charge is 0.489 e. The van der Waals surface area contributed by atoms with Crippen molar-refractivity contribution in [1.29, 1.82) is 0 Å². The average Bonchev–Trinajstić information content (AvgIpc) is 3.21. The molecule has 3 aromatic rings. The zero-order chi connectivity index (χ0) is 23.7. The number of carbonyl (C=O) groups excluding carboxylic acids is 1. The number of H-pyrrole nitrogens is 1. The molecule has 1 aliphatic carbocycles. The molecule has 2 aromatic carbocycles. The summed E-state index contributed by atoms with van der Waals surface area (Å²) in [5.41, 5.74) is 3.26. The number of aromatic amines is 1. The summed E-state index contributed by atoms with van der Waals surface area (Å²) in [6, 6.07) is 8.34. The lowest BCUT2D eigenvalue weighted by atomic mass is 9.87. The van der Waals surface area contributed by atoms with Crippen LogP contribution in [0, 0.1) is 11.6 Å². The van der Waals surface area contributed by atoms with Crippen molar-refractivity contribution in [2.75, 3.05) is 20.2 Å². The summed E-state index contributed by atoms with van der Waals surface area (Å²) in [5, 5.41) is 3.61. The third-order valence-electron chi connectivity index (χ3n) is 7.40. The van der Waals surface area contributed by atoms with E-state index in [1.807, 2.05) is 6.20 Å². The number of rotatable bonds is 8. The summed E-state index contributed by atoms with van der Waals surface area (Å²) in [4.78, 5) is 18.1. The molecule has 2 N–H and O–H groups in total. The van der Waals surface area contributed by atoms with E-state index >= 15 is 0 Å². The van der Waals surface area contributed by atoms with Gasteiger partial charge in [-0.15, -0.1) is 0 Å². The van der Waals surface area contributed by atoms with Crippen LogP contribution in [-0.4, -0.2) is 48.1 Å². The lowest BCUT2D eigenvalue weighted by Crippen LogP contribution is -2.51. The number of nitrogens with one attached hydrogen (secondary N) is 2. The first kappa shape index (κ1) is 22.8. The Balaban J connectivity index is 1.26. The maximum absolute atomic E-state index is 14.4. The van der Waals surface area contributed by atoms with Crippen LogP contribution in [0.5, 0.6) is 5.75 Å². The molecular weight excluding hydrogens is 436 g/mol. The minimum atomic E-state index is -0.411. The Kier molecular flexibility index (Phi) is 6.55. The van der Waals surface area contributed by atoms with Gasteiger partial charge in [0.1, 0.15) is 12.4 Å². The van der Waals surface area contributed by atoms with Crippen LogP contribution in [0.25, 0.3) is 10.9 Å². The van der Waals surface area contributed by atoms with Crippen LogP contribution in [0.4, 0.5) is 8.78 Å². The Morgan fingerprint density at radius 1 is 1.18 bits per heavy atom. The monoisotopic (exact) mass is 467 g/mol. The third-order valence-corrected chi connectivity index (χ3v) is 7.40. The molecule has 0 unspecified atom stereocenters. The van der Waals surface area contributed by atoms with Gasteiger partial charge in [0.15, 0.2) is 11.6 Å². The van der Waals surface area contributed by atoms with Gasteiger partial charge in [-0.3, -0.25) is 9.69 Å². The van der Waals surface area contributed by atoms with Crippen molar-refractivity contribution in [2.45, 2.75) is 57.0 Å². The Labute approximate surface area is 198 Å². The van der Waals surface area contributed by atoms with Gasteiger partial charge in [0.05, 0.1) is 0 Å². The molecule has 1 fully saturated rings. The molecule has 1 saturated carbocycles. The van der Waals surface area contributed by atoms with Gasteiger partial charge in [-0.2, -0.15) is 0 Å². The van der Waals surface area contributed by atoms with E-state index < -0.39 is 5.82 Å². The van der Waals surface area contributed by atoms with Gasteiger partial charge in [-0.1, -0.05) is 6.42 Å². The van der Waals surface area contributed by atoms with Crippen molar-refractivity contribution in [3.63, 3.8) is 0 Å². The van der Waals surface area contributed by atoms with Crippen molar-refractivity contribution >= 4 is 16.8 Å². The highest BCUT2D eigenvalue weighted by atomic mass is 19.1. The number of fused-ring (bicyclic) bond motifs is 2. The lowest BCUT2D eigenvalue weighted by Gasteiger charge is -2.44. The highest BCUT2D eigenvalue weighted by molar-refractivity contribution is 5.96. The molecule has 1 aromatic heterocycles. The minimum Gasteiger partial charge on any atom is -0.489 e. The van der Waals surface area contributed by atoms with Gasteiger partial charge in [0.25, 0.3) is 5.91 Å². The number of halogens is 2. The van der Waals surface area contributed by atoms with Gasteiger partial charge in [-0.05, 0) is 81.0 Å². The quantitative estimate of drug-likeness (QED) is 0.459. The van der Waals surface area contributed by atoms with Gasteiger partial charge < -0.3 is 15.0 Å². The van der Waals surface area contributed by atoms with Crippen molar-refractivity contribution < 1.29 is 18.3 Å². The number of aryl methyl sites for hydroxylation is 1. The molecule has 5 nitrogen and oxygen atoms in total. The van der Waals surface area contributed by atoms with E-state index in [-0.39, 0.29) is 23.5 Å². The molecule has 1 aliphatic heterocycles. The highest BCUT2D eigenvalue weighted by Crippen LogP contribution is 2.35. The van der Waals surface area contributed by atoms with Crippen LogP contribution in [-0.2, 0) is 12.8 Å². The Hall–Kier alpha value is -2.93. The molecule has 0 bridgehead atoms. The van der Waals surface area contributed by atoms with Crippen LogP contribution < -0.4 is 10.1 Å². The molecule has 0 saturated heterocycles. The molecule has 2 heterocycles. The molecule has 180 valence electrons. The second-order valence-corrected chi connectivity index (χ2v) is 9.43. The molecule has 1 amide bonds. The summed E-state index contributed by atoms with van der Waals surface area (Å²) in [6.45, 7) is 1.36. The van der Waals surface area contributed by atoms with Gasteiger partial charge in [0.2, 0.25) is 0 Å². The molecule has 0 spiro atoms. The Morgan fingerprint density at radius 3 is 2.79 bits per heavy atom. The van der Waals surface area contributed by atoms with Gasteiger partial charge in [-0.25, -0.2) is 8.78 Å². The predicted molar refractivity (Wildman–Crippen MR) is 128 cm³/mol. The molecular formula is C27H31F2N3O2. The number of unbranched alkanes of at least 4 members (excludes halogenated alkanes) is 1. The fourth-order valence-electron chi connectivity index (χ4n) is 5.34. The number of hydrogen-bond acceptors (Lipinski definition) is 3. The van der Waals surface area contributed by atoms with E-state index in [1.54, 1.807) is 25.2 Å². The first-order valence-electron chi connectivity index (χ1n) is 12.2. The highest BCUT2D eigenvalue weighted by Gasteiger charge is 2.35. The number of aromatic nitrogens is 1. The Bertz CT molecular complexity index is 1190. The van der Waals surface area contributed by atoms with Crippen LogP contribution >= 0.6 is 0 Å². The molecule has 0 radical (unpaired) electrons. The van der Waals surface area contributed by atoms with E-state index in [4.69, 9.17) is 4.74 Å². The van der Waals surface area contributed by atoms with Crippen LogP contribution in [0.3, 0.4) is 0 Å². The standard InChI is InChI=1S/C27H31F2N3O2/c1-30-27(33)21-9-10-24(29)26-23(21)14-20(16-34-26)32(19-6-4-7-19)12-3-2-5-17-15-31-25-11-8-18(28)13-22(17)25/h8-11,13,15,19-20,31H,2-7,12,14,16H2,1H3,(H,30,33)/t20-/m1/s1. The van der Waals surface area contributed by atoms with Crippen molar-refractivity contribution in [2.24, 2.45) is 0 Å². The molecule has 7 heteroatoms. The average molecular weight is 468 g/mol. The van der Waals surface area contributed by atoms with Crippen LogP contribution in [0.15, 0.2) is 36.5 Å². The summed E-state index contributed by atoms with van der Waals surface area (Å²) in [7, 11) is 1.59. The van der Waals surface area contributed by atoms with E-state index in [0.717, 1.165) is 55.1 Å². The van der Waals surface area contributed by atoms with E-state index in [1.165, 1.54) is 18.6 Å². The fourth-order valence-corrected chi connectivity index (χ4v) is 5.34. The van der Waals surface area contributed by atoms with E-state index in [2.05, 4.69) is 15.2 Å². The van der Waals surface area contributed by atoms with Crippen molar-refractivity contribution in [3.8, 4) is 5.75 Å². The summed E-state index contributed by atoms with van der Waals surface area (Å²) >= 11 is 0. The van der Waals surface area contributed by atoms with Gasteiger partial charge >= 0.3 is 0 Å². The Morgan fingerprint density at radius 2 is 2.03 bits per heavy atom. The number of nitrogens with zero attached hydrogens (tertiary/aromatic N) is 1. The topological polar surface area (TPSA) is 57.4 Å². The summed E-state index contributed by atoms with van der Waals surface area (Å²) < 4.78 is 34.0. The predicted octanol–water partition coefficient (Wildman–Crippen LogP) is 4.99. The minimum absolute atomic E-state index is 0.116. The third kappa shape index (κ3) is 4.41. The normalized spacial score (nSPS) is 17.9. The molecule has 1 atom stereocenters. The zero-order valence-corrected chi connectivity index (χ0v) is 19.5. The second kappa shape index (κ2) is 9.74. The molecule has 5 rings (SSSR count). The first-order chi connectivity index (χ1) is 16.5. The number of carbonyl (C=O) groups is 1. The fraction of sp³-hybridized carbons (Fsp3) is 0.444. The first-order valence-corrected chi connectivity index (χ1v) is 12.2. The summed E-state index contributed by atoms with van der Waals surface area (Å²) in [5.74, 6) is -0.621. The van der Waals surface area contributed by atoms with E-state index in [0.29, 0.717) is 30.2 Å². The maximum Gasteiger partial charge on any atom is 0.251 e. The second-order valence-electron chi connectivity index (χ2n) is 9.43. The van der Waals surface area contributed by atoms with Crippen LogP contribution in [0.1, 0.15) is 53.6 Å². The molecule has 2 aliphatic rings. The van der Waals surface area contributed by atoms with Gasteiger partial charge in [0, 0.05) is 47.4 Å². The summed E-state index contributed by atoms with van der Waals surface area (Å²) in [6.07, 6.45) is 9.03. The number of benzene rings is 2. The number of hydrogen-bond donors (Lipinski definition) is 2. The molecule has 34 heavy (non-hydrogen) atoms.